The number of rotatable bonds is 6. The highest BCUT2D eigenvalue weighted by atomic mass is 35.5. The smallest absolute Gasteiger partial charge is 0.139 e. The molecule has 3 rings (SSSR count). The van der Waals surface area contributed by atoms with E-state index in [4.69, 9.17) is 32.7 Å². The van der Waals surface area contributed by atoms with Gasteiger partial charge in [-0.25, -0.2) is 0 Å². The zero-order valence-corrected chi connectivity index (χ0v) is 16.7. The first-order valence-corrected chi connectivity index (χ1v) is 9.49. The molecule has 140 valence electrons. The van der Waals surface area contributed by atoms with Gasteiger partial charge in [-0.05, 0) is 36.2 Å². The van der Waals surface area contributed by atoms with E-state index >= 15 is 0 Å². The van der Waals surface area contributed by atoms with Gasteiger partial charge in [0.2, 0.25) is 0 Å². The van der Waals surface area contributed by atoms with Crippen LogP contribution in [0.15, 0.2) is 36.4 Å². The molecule has 2 aromatic rings. The summed E-state index contributed by atoms with van der Waals surface area (Å²) in [5, 5.41) is 1.30. The summed E-state index contributed by atoms with van der Waals surface area (Å²) in [5.74, 6) is 1.47. The van der Waals surface area contributed by atoms with Crippen molar-refractivity contribution in [1.29, 1.82) is 0 Å². The largest absolute Gasteiger partial charge is 0.495 e. The van der Waals surface area contributed by atoms with Gasteiger partial charge in [-0.15, -0.1) is 0 Å². The third-order valence-corrected chi connectivity index (χ3v) is 5.43. The first kappa shape index (κ1) is 19.2. The van der Waals surface area contributed by atoms with Crippen LogP contribution in [0.5, 0.6) is 11.5 Å². The molecule has 0 spiro atoms. The summed E-state index contributed by atoms with van der Waals surface area (Å²) in [7, 11) is 3.30. The summed E-state index contributed by atoms with van der Waals surface area (Å²) in [6.45, 7) is 5.09. The van der Waals surface area contributed by atoms with E-state index in [1.807, 2.05) is 24.3 Å². The van der Waals surface area contributed by atoms with Crippen molar-refractivity contribution in [2.24, 2.45) is 0 Å². The second-order valence-corrected chi connectivity index (χ2v) is 7.18. The molecule has 6 heteroatoms. The number of hydrogen-bond acceptors (Lipinski definition) is 4. The minimum absolute atomic E-state index is 0.647. The lowest BCUT2D eigenvalue weighted by molar-refractivity contribution is 0.261. The Kier molecular flexibility index (Phi) is 6.52. The van der Waals surface area contributed by atoms with Crippen LogP contribution < -0.4 is 14.4 Å². The van der Waals surface area contributed by atoms with Crippen LogP contribution in [-0.2, 0) is 6.42 Å². The van der Waals surface area contributed by atoms with Crippen LogP contribution >= 0.6 is 23.2 Å². The van der Waals surface area contributed by atoms with Crippen molar-refractivity contribution in [2.75, 3.05) is 51.8 Å². The first-order chi connectivity index (χ1) is 12.6. The highest BCUT2D eigenvalue weighted by Gasteiger charge is 2.18. The predicted octanol–water partition coefficient (Wildman–Crippen LogP) is 4.38. The van der Waals surface area contributed by atoms with Gasteiger partial charge in [0.15, 0.2) is 0 Å². The third kappa shape index (κ3) is 4.56. The topological polar surface area (TPSA) is 24.9 Å². The number of halogens is 2. The standard InChI is InChI=1S/C20H24Cl2N2O2/c1-25-19-13-15(3-5-17(19)21)7-8-23-9-11-24(12-10-23)16-4-6-18(22)20(14-16)26-2/h3-6,13-14H,7-12H2,1-2H3. The Morgan fingerprint density at radius 1 is 0.846 bits per heavy atom. The lowest BCUT2D eigenvalue weighted by Gasteiger charge is -2.36. The lowest BCUT2D eigenvalue weighted by atomic mass is 10.1. The second-order valence-electron chi connectivity index (χ2n) is 6.37. The quantitative estimate of drug-likeness (QED) is 0.725. The van der Waals surface area contributed by atoms with Gasteiger partial charge in [-0.2, -0.15) is 0 Å². The van der Waals surface area contributed by atoms with Gasteiger partial charge in [0.25, 0.3) is 0 Å². The highest BCUT2D eigenvalue weighted by Crippen LogP contribution is 2.30. The van der Waals surface area contributed by atoms with E-state index < -0.39 is 0 Å². The van der Waals surface area contributed by atoms with Gasteiger partial charge >= 0.3 is 0 Å². The number of anilines is 1. The van der Waals surface area contributed by atoms with Crippen molar-refractivity contribution >= 4 is 28.9 Å². The molecule has 1 heterocycles. The summed E-state index contributed by atoms with van der Waals surface area (Å²) < 4.78 is 10.6. The van der Waals surface area contributed by atoms with E-state index in [1.54, 1.807) is 14.2 Å². The fourth-order valence-electron chi connectivity index (χ4n) is 3.22. The van der Waals surface area contributed by atoms with Crippen LogP contribution in [0.3, 0.4) is 0 Å². The maximum Gasteiger partial charge on any atom is 0.139 e. The second kappa shape index (κ2) is 8.85. The Hall–Kier alpha value is -1.62. The zero-order valence-electron chi connectivity index (χ0n) is 15.2. The molecule has 0 unspecified atom stereocenters. The van der Waals surface area contributed by atoms with Crippen molar-refractivity contribution in [3.63, 3.8) is 0 Å². The highest BCUT2D eigenvalue weighted by molar-refractivity contribution is 6.32. The number of hydrogen-bond donors (Lipinski definition) is 0. The number of benzene rings is 2. The fraction of sp³-hybridized carbons (Fsp3) is 0.400. The average Bonchev–Trinajstić information content (AvgIpc) is 2.68. The molecule has 0 radical (unpaired) electrons. The molecule has 0 atom stereocenters. The van der Waals surface area contributed by atoms with Crippen LogP contribution in [0.1, 0.15) is 5.56 Å². The molecule has 2 aromatic carbocycles. The lowest BCUT2D eigenvalue weighted by Crippen LogP contribution is -2.47. The SMILES string of the molecule is COc1cc(CCN2CCN(c3ccc(Cl)c(OC)c3)CC2)ccc1Cl. The molecule has 26 heavy (non-hydrogen) atoms. The molecule has 0 N–H and O–H groups in total. The van der Waals surface area contributed by atoms with Crippen LogP contribution in [0.25, 0.3) is 0 Å². The number of nitrogens with zero attached hydrogens (tertiary/aromatic N) is 2. The number of methoxy groups -OCH3 is 2. The van der Waals surface area contributed by atoms with Crippen molar-refractivity contribution in [3.05, 3.63) is 52.0 Å². The van der Waals surface area contributed by atoms with Gasteiger partial charge in [0.1, 0.15) is 11.5 Å². The predicted molar refractivity (Wildman–Crippen MR) is 108 cm³/mol. The molecular weight excluding hydrogens is 371 g/mol. The minimum atomic E-state index is 0.647. The molecule has 0 aliphatic carbocycles. The van der Waals surface area contributed by atoms with E-state index in [0.717, 1.165) is 56.3 Å². The molecule has 1 aliphatic heterocycles. The Labute approximate surface area is 165 Å². The van der Waals surface area contributed by atoms with Crippen molar-refractivity contribution in [3.8, 4) is 11.5 Å². The zero-order chi connectivity index (χ0) is 18.5. The molecule has 0 aromatic heterocycles. The molecule has 0 saturated carbocycles. The normalized spacial score (nSPS) is 15.2. The van der Waals surface area contributed by atoms with E-state index in [2.05, 4.69) is 21.9 Å². The van der Waals surface area contributed by atoms with Gasteiger partial charge in [-0.1, -0.05) is 29.3 Å². The molecule has 0 amide bonds. The number of ether oxygens (including phenoxy) is 2. The van der Waals surface area contributed by atoms with E-state index in [1.165, 1.54) is 5.56 Å². The average molecular weight is 395 g/mol. The van der Waals surface area contributed by atoms with Gasteiger partial charge < -0.3 is 14.4 Å². The van der Waals surface area contributed by atoms with Crippen molar-refractivity contribution in [2.45, 2.75) is 6.42 Å². The van der Waals surface area contributed by atoms with Crippen LogP contribution in [0, 0.1) is 0 Å². The Bertz CT molecular complexity index is 747. The molecular formula is C20H24Cl2N2O2. The molecule has 1 saturated heterocycles. The van der Waals surface area contributed by atoms with Crippen LogP contribution in [0.4, 0.5) is 5.69 Å². The summed E-state index contributed by atoms with van der Waals surface area (Å²) >= 11 is 12.2. The van der Waals surface area contributed by atoms with Gasteiger partial charge in [-0.3, -0.25) is 4.90 Å². The summed E-state index contributed by atoms with van der Waals surface area (Å²) in [5.41, 5.74) is 2.41. The first-order valence-electron chi connectivity index (χ1n) is 8.74. The Morgan fingerprint density at radius 3 is 2.12 bits per heavy atom. The Balaban J connectivity index is 1.52. The van der Waals surface area contributed by atoms with Gasteiger partial charge in [0.05, 0.1) is 24.3 Å². The Morgan fingerprint density at radius 2 is 1.46 bits per heavy atom. The van der Waals surface area contributed by atoms with Crippen molar-refractivity contribution in [1.82, 2.24) is 4.90 Å². The van der Waals surface area contributed by atoms with E-state index in [0.29, 0.717) is 10.0 Å². The monoisotopic (exact) mass is 394 g/mol. The summed E-state index contributed by atoms with van der Waals surface area (Å²) in [4.78, 5) is 4.87. The van der Waals surface area contributed by atoms with Crippen molar-refractivity contribution < 1.29 is 9.47 Å². The maximum absolute atomic E-state index is 6.12. The van der Waals surface area contributed by atoms with Gasteiger partial charge in [0, 0.05) is 44.5 Å². The van der Waals surface area contributed by atoms with E-state index in [9.17, 15) is 0 Å². The van der Waals surface area contributed by atoms with Crippen LogP contribution in [0.2, 0.25) is 10.0 Å². The molecule has 1 aliphatic rings. The molecule has 0 bridgehead atoms. The number of piperazine rings is 1. The third-order valence-electron chi connectivity index (χ3n) is 4.80. The fourth-order valence-corrected chi connectivity index (χ4v) is 3.61. The van der Waals surface area contributed by atoms with Crippen LogP contribution in [-0.4, -0.2) is 51.8 Å². The van der Waals surface area contributed by atoms with E-state index in [-0.39, 0.29) is 0 Å². The maximum atomic E-state index is 6.12. The summed E-state index contributed by atoms with van der Waals surface area (Å²) in [6.07, 6.45) is 0.988. The molecule has 4 nitrogen and oxygen atoms in total. The summed E-state index contributed by atoms with van der Waals surface area (Å²) in [6, 6.07) is 12.0. The molecule has 1 fully saturated rings. The minimum Gasteiger partial charge on any atom is -0.495 e.